The summed E-state index contributed by atoms with van der Waals surface area (Å²) in [6.45, 7) is 4.89. The van der Waals surface area contributed by atoms with E-state index in [0.29, 0.717) is 12.5 Å². The van der Waals surface area contributed by atoms with Crippen LogP contribution in [-0.2, 0) is 6.42 Å². The lowest BCUT2D eigenvalue weighted by Crippen LogP contribution is -2.10. The van der Waals surface area contributed by atoms with Crippen molar-refractivity contribution in [3.8, 4) is 5.75 Å². The van der Waals surface area contributed by atoms with Gasteiger partial charge in [-0.2, -0.15) is 0 Å². The summed E-state index contributed by atoms with van der Waals surface area (Å²) in [4.78, 5) is 0. The first kappa shape index (κ1) is 12.5. The Bertz CT molecular complexity index is 339. The molecule has 0 saturated carbocycles. The predicted octanol–water partition coefficient (Wildman–Crippen LogP) is 3.08. The summed E-state index contributed by atoms with van der Waals surface area (Å²) >= 11 is 3.53. The third-order valence-corrected chi connectivity index (χ3v) is 3.22. The zero-order chi connectivity index (χ0) is 11.4. The van der Waals surface area contributed by atoms with Crippen LogP contribution in [0.2, 0.25) is 0 Å². The maximum atomic E-state index is 5.70. The summed E-state index contributed by atoms with van der Waals surface area (Å²) in [5.41, 5.74) is 8.19. The lowest BCUT2D eigenvalue weighted by molar-refractivity contribution is 0.404. The summed E-state index contributed by atoms with van der Waals surface area (Å²) in [5.74, 6) is 1.23. The van der Waals surface area contributed by atoms with Gasteiger partial charge in [-0.1, -0.05) is 19.9 Å². The number of hydrogen-bond donors (Lipinski definition) is 1. The van der Waals surface area contributed by atoms with Crippen molar-refractivity contribution in [1.29, 1.82) is 0 Å². The molecule has 0 amide bonds. The Morgan fingerprint density at radius 3 is 2.60 bits per heavy atom. The fraction of sp³-hybridized carbons (Fsp3) is 0.500. The second-order valence-electron chi connectivity index (χ2n) is 3.69. The molecule has 1 atom stereocenters. The first-order valence-electron chi connectivity index (χ1n) is 5.20. The molecule has 15 heavy (non-hydrogen) atoms. The highest BCUT2D eigenvalue weighted by molar-refractivity contribution is 9.10. The highest BCUT2D eigenvalue weighted by Crippen LogP contribution is 2.34. The fourth-order valence-corrected chi connectivity index (χ4v) is 2.27. The average Bonchev–Trinajstić information content (AvgIpc) is 2.26. The van der Waals surface area contributed by atoms with Crippen LogP contribution in [-0.4, -0.2) is 13.7 Å². The molecule has 2 N–H and O–H groups in total. The lowest BCUT2D eigenvalue weighted by atomic mass is 9.97. The van der Waals surface area contributed by atoms with Crippen LogP contribution in [0.5, 0.6) is 5.75 Å². The molecule has 0 aromatic heterocycles. The quantitative estimate of drug-likeness (QED) is 0.914. The predicted molar refractivity (Wildman–Crippen MR) is 67.5 cm³/mol. The molecule has 1 unspecified atom stereocenters. The van der Waals surface area contributed by atoms with Crippen LogP contribution in [0.15, 0.2) is 16.6 Å². The lowest BCUT2D eigenvalue weighted by Gasteiger charge is -2.16. The van der Waals surface area contributed by atoms with Crippen molar-refractivity contribution in [2.24, 2.45) is 5.73 Å². The third kappa shape index (κ3) is 2.73. The minimum absolute atomic E-state index is 0.322. The molecule has 0 fully saturated rings. The summed E-state index contributed by atoms with van der Waals surface area (Å²) < 4.78 is 6.41. The number of nitrogens with two attached hydrogens (primary N) is 1. The molecule has 0 heterocycles. The molecule has 1 aromatic carbocycles. The first-order valence-corrected chi connectivity index (χ1v) is 5.99. The normalized spacial score (nSPS) is 12.6. The van der Waals surface area contributed by atoms with Crippen LogP contribution in [0.3, 0.4) is 0 Å². The summed E-state index contributed by atoms with van der Waals surface area (Å²) in [5, 5.41) is 0. The fourth-order valence-electron chi connectivity index (χ4n) is 1.59. The number of ether oxygens (including phenoxy) is 1. The maximum absolute atomic E-state index is 5.70. The van der Waals surface area contributed by atoms with Gasteiger partial charge in [0.15, 0.2) is 0 Å². The number of methoxy groups -OCH3 is 1. The molecule has 0 radical (unpaired) electrons. The zero-order valence-corrected chi connectivity index (χ0v) is 11.1. The largest absolute Gasteiger partial charge is 0.495 e. The van der Waals surface area contributed by atoms with E-state index in [9.17, 15) is 0 Å². The van der Waals surface area contributed by atoms with Gasteiger partial charge >= 0.3 is 0 Å². The second-order valence-corrected chi connectivity index (χ2v) is 4.54. The number of hydrogen-bond acceptors (Lipinski definition) is 2. The topological polar surface area (TPSA) is 35.2 Å². The molecule has 1 aromatic rings. The summed E-state index contributed by atoms with van der Waals surface area (Å²) in [6, 6.07) is 4.28. The summed E-state index contributed by atoms with van der Waals surface area (Å²) in [6.07, 6.45) is 1.02. The van der Waals surface area contributed by atoms with Gasteiger partial charge in [0.1, 0.15) is 5.75 Å². The van der Waals surface area contributed by atoms with Crippen molar-refractivity contribution in [3.63, 3.8) is 0 Å². The van der Waals surface area contributed by atoms with E-state index in [2.05, 4.69) is 41.9 Å². The maximum Gasteiger partial charge on any atom is 0.136 e. The van der Waals surface area contributed by atoms with Crippen molar-refractivity contribution < 1.29 is 4.74 Å². The average molecular weight is 272 g/mol. The van der Waals surface area contributed by atoms with Crippen LogP contribution in [0, 0.1) is 0 Å². The molecule has 0 saturated heterocycles. The SMILES string of the molecule is CCc1cc(Br)c(OC)c(C(C)CN)c1. The van der Waals surface area contributed by atoms with Crippen molar-refractivity contribution in [1.82, 2.24) is 0 Å². The van der Waals surface area contributed by atoms with Crippen LogP contribution in [0.4, 0.5) is 0 Å². The smallest absolute Gasteiger partial charge is 0.136 e. The molecule has 2 nitrogen and oxygen atoms in total. The van der Waals surface area contributed by atoms with Crippen molar-refractivity contribution >= 4 is 15.9 Å². The molecule has 3 heteroatoms. The standard InChI is InChI=1S/C12H18BrNO/c1-4-9-5-10(8(2)7-14)12(15-3)11(13)6-9/h5-6,8H,4,7,14H2,1-3H3. The van der Waals surface area contributed by atoms with Crippen LogP contribution in [0.25, 0.3) is 0 Å². The van der Waals surface area contributed by atoms with Crippen LogP contribution < -0.4 is 10.5 Å². The van der Waals surface area contributed by atoms with Gasteiger partial charge in [0.25, 0.3) is 0 Å². The Hall–Kier alpha value is -0.540. The minimum atomic E-state index is 0.322. The number of rotatable bonds is 4. The van der Waals surface area contributed by atoms with Crippen molar-refractivity contribution in [2.75, 3.05) is 13.7 Å². The van der Waals surface area contributed by atoms with Gasteiger partial charge in [0.2, 0.25) is 0 Å². The van der Waals surface area contributed by atoms with Crippen molar-refractivity contribution in [2.45, 2.75) is 26.2 Å². The molecule has 0 spiro atoms. The number of benzene rings is 1. The molecule has 0 aliphatic rings. The molecule has 84 valence electrons. The minimum Gasteiger partial charge on any atom is -0.495 e. The molecule has 1 rings (SSSR count). The number of aryl methyl sites for hydroxylation is 1. The van der Waals surface area contributed by atoms with Crippen LogP contribution >= 0.6 is 15.9 Å². The molecule has 0 aliphatic carbocycles. The molecule has 0 aliphatic heterocycles. The highest BCUT2D eigenvalue weighted by Gasteiger charge is 2.14. The first-order chi connectivity index (χ1) is 7.13. The Labute approximate surface area is 99.9 Å². The second kappa shape index (κ2) is 5.52. The van der Waals surface area contributed by atoms with E-state index in [4.69, 9.17) is 10.5 Å². The van der Waals surface area contributed by atoms with Gasteiger partial charge in [0, 0.05) is 0 Å². The highest BCUT2D eigenvalue weighted by atomic mass is 79.9. The van der Waals surface area contributed by atoms with Crippen LogP contribution in [0.1, 0.15) is 30.9 Å². The Balaban J connectivity index is 3.25. The van der Waals surface area contributed by atoms with E-state index >= 15 is 0 Å². The van der Waals surface area contributed by atoms with E-state index in [1.54, 1.807) is 7.11 Å². The summed E-state index contributed by atoms with van der Waals surface area (Å²) in [7, 11) is 1.69. The van der Waals surface area contributed by atoms with E-state index in [1.165, 1.54) is 11.1 Å². The van der Waals surface area contributed by atoms with E-state index in [1.807, 2.05) is 0 Å². The molecular formula is C12H18BrNO. The number of halogens is 1. The van der Waals surface area contributed by atoms with E-state index < -0.39 is 0 Å². The third-order valence-electron chi connectivity index (χ3n) is 2.63. The van der Waals surface area contributed by atoms with Gasteiger partial charge in [-0.15, -0.1) is 0 Å². The Kier molecular flexibility index (Phi) is 4.61. The monoisotopic (exact) mass is 271 g/mol. The van der Waals surface area contributed by atoms with Gasteiger partial charge in [-0.3, -0.25) is 0 Å². The molecule has 0 bridgehead atoms. The van der Waals surface area contributed by atoms with Gasteiger partial charge in [-0.05, 0) is 52.0 Å². The van der Waals surface area contributed by atoms with E-state index in [-0.39, 0.29) is 0 Å². The van der Waals surface area contributed by atoms with Gasteiger partial charge in [-0.25, -0.2) is 0 Å². The Morgan fingerprint density at radius 1 is 1.47 bits per heavy atom. The van der Waals surface area contributed by atoms with Crippen molar-refractivity contribution in [3.05, 3.63) is 27.7 Å². The van der Waals surface area contributed by atoms with Gasteiger partial charge in [0.05, 0.1) is 11.6 Å². The van der Waals surface area contributed by atoms with E-state index in [0.717, 1.165) is 16.6 Å². The zero-order valence-electron chi connectivity index (χ0n) is 9.51. The Morgan fingerprint density at radius 2 is 2.13 bits per heavy atom. The molecular weight excluding hydrogens is 254 g/mol. The van der Waals surface area contributed by atoms with Gasteiger partial charge < -0.3 is 10.5 Å².